The SMILES string of the molecule is CN=C(NCCc1ccc(Cl)cc1)N1CCN(c2cnn(C)c2)C(=O)C1. The molecule has 7 nitrogen and oxygen atoms in total. The van der Waals surface area contributed by atoms with Gasteiger partial charge in [0.15, 0.2) is 5.96 Å². The molecule has 1 saturated heterocycles. The topological polar surface area (TPSA) is 65.8 Å². The summed E-state index contributed by atoms with van der Waals surface area (Å²) in [5.41, 5.74) is 2.04. The van der Waals surface area contributed by atoms with Gasteiger partial charge in [-0.15, -0.1) is 0 Å². The van der Waals surface area contributed by atoms with Crippen LogP contribution in [0.3, 0.4) is 0 Å². The van der Waals surface area contributed by atoms with Crippen LogP contribution in [0.1, 0.15) is 5.56 Å². The molecule has 0 radical (unpaired) electrons. The first-order chi connectivity index (χ1) is 12.6. The van der Waals surface area contributed by atoms with E-state index >= 15 is 0 Å². The second-order valence-electron chi connectivity index (χ2n) is 6.19. The van der Waals surface area contributed by atoms with Gasteiger partial charge in [-0.1, -0.05) is 23.7 Å². The predicted octanol–water partition coefficient (Wildman–Crippen LogP) is 1.54. The molecule has 1 aliphatic rings. The van der Waals surface area contributed by atoms with Crippen molar-refractivity contribution in [3.8, 4) is 0 Å². The molecule has 0 aliphatic carbocycles. The van der Waals surface area contributed by atoms with Crippen LogP contribution in [0.2, 0.25) is 5.02 Å². The maximum absolute atomic E-state index is 12.5. The molecular weight excluding hydrogens is 352 g/mol. The number of hydrogen-bond donors (Lipinski definition) is 1. The molecule has 0 atom stereocenters. The number of amides is 1. The molecule has 1 aromatic heterocycles. The second kappa shape index (κ2) is 8.23. The molecule has 0 unspecified atom stereocenters. The van der Waals surface area contributed by atoms with Crippen molar-refractivity contribution in [2.45, 2.75) is 6.42 Å². The lowest BCUT2D eigenvalue weighted by Gasteiger charge is -2.35. The first-order valence-corrected chi connectivity index (χ1v) is 8.93. The molecule has 0 spiro atoms. The van der Waals surface area contributed by atoms with Gasteiger partial charge in [-0.2, -0.15) is 5.10 Å². The number of hydrogen-bond acceptors (Lipinski definition) is 3. The van der Waals surface area contributed by atoms with Crippen molar-refractivity contribution < 1.29 is 4.79 Å². The van der Waals surface area contributed by atoms with E-state index in [1.165, 1.54) is 5.56 Å². The fourth-order valence-electron chi connectivity index (χ4n) is 2.98. The fourth-order valence-corrected chi connectivity index (χ4v) is 3.10. The number of carbonyl (C=O) groups is 1. The third kappa shape index (κ3) is 4.35. The molecule has 1 aromatic carbocycles. The van der Waals surface area contributed by atoms with Gasteiger partial charge in [-0.25, -0.2) is 0 Å². The largest absolute Gasteiger partial charge is 0.356 e. The number of guanidine groups is 1. The average molecular weight is 375 g/mol. The van der Waals surface area contributed by atoms with Crippen molar-refractivity contribution >= 4 is 29.2 Å². The maximum atomic E-state index is 12.5. The van der Waals surface area contributed by atoms with Gasteiger partial charge in [0, 0.05) is 44.9 Å². The zero-order chi connectivity index (χ0) is 18.5. The van der Waals surface area contributed by atoms with Gasteiger partial charge in [0.25, 0.3) is 0 Å². The zero-order valence-electron chi connectivity index (χ0n) is 15.0. The number of aryl methyl sites for hydroxylation is 1. The number of rotatable bonds is 4. The van der Waals surface area contributed by atoms with Crippen LogP contribution < -0.4 is 10.2 Å². The minimum absolute atomic E-state index is 0.0462. The lowest BCUT2D eigenvalue weighted by molar-refractivity contribution is -0.120. The Morgan fingerprint density at radius 1 is 1.31 bits per heavy atom. The first-order valence-electron chi connectivity index (χ1n) is 8.56. The number of aromatic nitrogens is 2. The average Bonchev–Trinajstić information content (AvgIpc) is 3.06. The number of piperazine rings is 1. The smallest absolute Gasteiger partial charge is 0.246 e. The quantitative estimate of drug-likeness (QED) is 0.651. The van der Waals surface area contributed by atoms with Crippen LogP contribution in [0.4, 0.5) is 5.69 Å². The molecular formula is C18H23ClN6O. The van der Waals surface area contributed by atoms with E-state index in [0.29, 0.717) is 13.1 Å². The fraction of sp³-hybridized carbons (Fsp3) is 0.389. The van der Waals surface area contributed by atoms with Gasteiger partial charge < -0.3 is 15.1 Å². The molecule has 0 saturated carbocycles. The summed E-state index contributed by atoms with van der Waals surface area (Å²) in [6.45, 7) is 2.38. The molecule has 1 amide bonds. The summed E-state index contributed by atoms with van der Waals surface area (Å²) >= 11 is 5.91. The summed E-state index contributed by atoms with van der Waals surface area (Å²) < 4.78 is 1.70. The molecule has 0 bridgehead atoms. The minimum Gasteiger partial charge on any atom is -0.356 e. The first kappa shape index (κ1) is 18.3. The number of anilines is 1. The number of aliphatic imine (C=N–C) groups is 1. The molecule has 8 heteroatoms. The highest BCUT2D eigenvalue weighted by atomic mass is 35.5. The molecule has 1 fully saturated rings. The molecule has 138 valence electrons. The monoisotopic (exact) mass is 374 g/mol. The number of benzene rings is 1. The van der Waals surface area contributed by atoms with Crippen LogP contribution in [0.15, 0.2) is 41.7 Å². The van der Waals surface area contributed by atoms with Crippen LogP contribution in [-0.2, 0) is 18.3 Å². The molecule has 1 aliphatic heterocycles. The van der Waals surface area contributed by atoms with Crippen LogP contribution in [0, 0.1) is 0 Å². The van der Waals surface area contributed by atoms with Crippen molar-refractivity contribution in [3.63, 3.8) is 0 Å². The van der Waals surface area contributed by atoms with Crippen molar-refractivity contribution in [1.82, 2.24) is 20.0 Å². The Bertz CT molecular complexity index is 785. The van der Waals surface area contributed by atoms with E-state index in [1.807, 2.05) is 42.4 Å². The lowest BCUT2D eigenvalue weighted by Crippen LogP contribution is -2.55. The van der Waals surface area contributed by atoms with Gasteiger partial charge in [0.05, 0.1) is 11.9 Å². The summed E-state index contributed by atoms with van der Waals surface area (Å²) in [6.07, 6.45) is 4.43. The van der Waals surface area contributed by atoms with E-state index in [1.54, 1.807) is 22.8 Å². The number of halogens is 1. The summed E-state index contributed by atoms with van der Waals surface area (Å²) in [7, 11) is 3.58. The summed E-state index contributed by atoms with van der Waals surface area (Å²) in [5.74, 6) is 0.794. The predicted molar refractivity (Wildman–Crippen MR) is 104 cm³/mol. The van der Waals surface area contributed by atoms with Gasteiger partial charge in [0.1, 0.15) is 6.54 Å². The molecule has 2 heterocycles. The summed E-state index contributed by atoms with van der Waals surface area (Å²) in [4.78, 5) is 20.6. The molecule has 1 N–H and O–H groups in total. The number of nitrogens with one attached hydrogen (secondary N) is 1. The van der Waals surface area contributed by atoms with Crippen molar-refractivity contribution in [2.75, 3.05) is 38.1 Å². The third-order valence-corrected chi connectivity index (χ3v) is 4.60. The number of nitrogens with zero attached hydrogens (tertiary/aromatic N) is 5. The Labute approximate surface area is 158 Å². The van der Waals surface area contributed by atoms with Crippen molar-refractivity contribution in [1.29, 1.82) is 0 Å². The van der Waals surface area contributed by atoms with Crippen LogP contribution >= 0.6 is 11.6 Å². The highest BCUT2D eigenvalue weighted by Gasteiger charge is 2.27. The highest BCUT2D eigenvalue weighted by molar-refractivity contribution is 6.30. The highest BCUT2D eigenvalue weighted by Crippen LogP contribution is 2.16. The molecule has 26 heavy (non-hydrogen) atoms. The van der Waals surface area contributed by atoms with Crippen molar-refractivity contribution in [3.05, 3.63) is 47.2 Å². The van der Waals surface area contributed by atoms with E-state index in [0.717, 1.165) is 36.2 Å². The Kier molecular flexibility index (Phi) is 5.78. The second-order valence-corrected chi connectivity index (χ2v) is 6.63. The molecule has 3 rings (SSSR count). The Hall–Kier alpha value is -2.54. The van der Waals surface area contributed by atoms with E-state index in [-0.39, 0.29) is 5.91 Å². The van der Waals surface area contributed by atoms with E-state index in [4.69, 9.17) is 11.6 Å². The Morgan fingerprint density at radius 3 is 2.69 bits per heavy atom. The Balaban J connectivity index is 1.53. The standard InChI is InChI=1S/C18H23ClN6O/c1-20-18(21-8-7-14-3-5-15(19)6-4-14)24-9-10-25(17(26)13-24)16-11-22-23(2)12-16/h3-6,11-12H,7-10,13H2,1-2H3,(H,20,21). The lowest BCUT2D eigenvalue weighted by atomic mass is 10.1. The normalized spacial score (nSPS) is 15.5. The number of carbonyl (C=O) groups excluding carboxylic acids is 1. The van der Waals surface area contributed by atoms with Crippen LogP contribution in [0.25, 0.3) is 0 Å². The minimum atomic E-state index is 0.0462. The van der Waals surface area contributed by atoms with Gasteiger partial charge in [-0.05, 0) is 24.1 Å². The van der Waals surface area contributed by atoms with E-state index in [2.05, 4.69) is 15.4 Å². The molecule has 2 aromatic rings. The van der Waals surface area contributed by atoms with Crippen LogP contribution in [-0.4, -0.2) is 59.8 Å². The maximum Gasteiger partial charge on any atom is 0.246 e. The summed E-state index contributed by atoms with van der Waals surface area (Å²) in [6, 6.07) is 7.82. The van der Waals surface area contributed by atoms with E-state index < -0.39 is 0 Å². The van der Waals surface area contributed by atoms with Gasteiger partial charge in [0.2, 0.25) is 5.91 Å². The zero-order valence-corrected chi connectivity index (χ0v) is 15.8. The van der Waals surface area contributed by atoms with Gasteiger partial charge in [-0.3, -0.25) is 14.5 Å². The summed E-state index contributed by atoms with van der Waals surface area (Å²) in [5, 5.41) is 8.21. The van der Waals surface area contributed by atoms with Crippen molar-refractivity contribution in [2.24, 2.45) is 12.0 Å². The Morgan fingerprint density at radius 2 is 2.08 bits per heavy atom. The third-order valence-electron chi connectivity index (χ3n) is 4.35. The van der Waals surface area contributed by atoms with E-state index in [9.17, 15) is 4.79 Å². The van der Waals surface area contributed by atoms with Gasteiger partial charge >= 0.3 is 0 Å². The van der Waals surface area contributed by atoms with Crippen LogP contribution in [0.5, 0.6) is 0 Å².